The van der Waals surface area contributed by atoms with E-state index in [0.717, 1.165) is 36.8 Å². The Morgan fingerprint density at radius 3 is 2.62 bits per heavy atom. The van der Waals surface area contributed by atoms with E-state index in [2.05, 4.69) is 21.9 Å². The lowest BCUT2D eigenvalue weighted by molar-refractivity contribution is -0.137. The number of rotatable bonds is 12. The number of nitrogens with zero attached hydrogens (tertiary/aromatic N) is 4. The molecule has 32 heavy (non-hydrogen) atoms. The number of unbranched alkanes of at least 4 members (excludes halogenated alkanes) is 1. The third kappa shape index (κ3) is 6.07. The summed E-state index contributed by atoms with van der Waals surface area (Å²) < 4.78 is 7.10. The Hall–Kier alpha value is -3.40. The zero-order chi connectivity index (χ0) is 23.1. The molecule has 3 rings (SSSR count). The van der Waals surface area contributed by atoms with Crippen molar-refractivity contribution in [3.63, 3.8) is 0 Å². The first-order valence-corrected chi connectivity index (χ1v) is 10.7. The molecule has 172 valence electrons. The minimum Gasteiger partial charge on any atom is -0.480 e. The van der Waals surface area contributed by atoms with E-state index in [1.54, 1.807) is 11.9 Å². The Kier molecular flexibility index (Phi) is 7.82. The molecule has 0 fully saturated rings. The number of H-pyrrole nitrogens is 1. The molecular formula is C22H30N6O4. The van der Waals surface area contributed by atoms with Crippen LogP contribution in [0, 0.1) is 0 Å². The fourth-order valence-electron chi connectivity index (χ4n) is 3.41. The number of aliphatic carboxylic acids is 1. The van der Waals surface area contributed by atoms with Gasteiger partial charge >= 0.3 is 17.7 Å². The van der Waals surface area contributed by atoms with Gasteiger partial charge in [0.1, 0.15) is 5.52 Å². The van der Waals surface area contributed by atoms with E-state index in [1.165, 1.54) is 4.57 Å². The number of likely N-dealkylation sites (N-methyl/N-ethyl adjacent to an activating group) is 1. The number of aromatic nitrogens is 4. The van der Waals surface area contributed by atoms with E-state index in [0.29, 0.717) is 30.9 Å². The van der Waals surface area contributed by atoms with E-state index >= 15 is 0 Å². The van der Waals surface area contributed by atoms with Crippen molar-refractivity contribution < 1.29 is 14.6 Å². The minimum absolute atomic E-state index is 0.0394. The number of nitrogens with one attached hydrogen (secondary N) is 1. The number of carbonyl (C=O) groups is 1. The quantitative estimate of drug-likeness (QED) is 0.361. The number of hydrogen-bond acceptors (Lipinski definition) is 7. The second-order valence-corrected chi connectivity index (χ2v) is 7.86. The second-order valence-electron chi connectivity index (χ2n) is 7.86. The average molecular weight is 443 g/mol. The predicted octanol–water partition coefficient (Wildman–Crippen LogP) is 1.88. The monoisotopic (exact) mass is 442 g/mol. The molecule has 0 radical (unpaired) electrons. The summed E-state index contributed by atoms with van der Waals surface area (Å²) in [4.78, 5) is 36.3. The summed E-state index contributed by atoms with van der Waals surface area (Å²) in [5, 5.41) is 8.81. The number of nitrogen functional groups attached to an aromatic ring is 1. The zero-order valence-electron chi connectivity index (χ0n) is 18.5. The fourth-order valence-corrected chi connectivity index (χ4v) is 3.41. The number of imidazole rings is 1. The van der Waals surface area contributed by atoms with Crippen LogP contribution >= 0.6 is 0 Å². The van der Waals surface area contributed by atoms with Crippen LogP contribution in [-0.4, -0.2) is 62.2 Å². The van der Waals surface area contributed by atoms with Gasteiger partial charge in [-0.05, 0) is 44.0 Å². The molecular weight excluding hydrogens is 412 g/mol. The Balaban J connectivity index is 1.68. The smallest absolute Gasteiger partial charge is 0.328 e. The topological polar surface area (TPSA) is 139 Å². The number of fused-ring (bicyclic) bond motifs is 1. The van der Waals surface area contributed by atoms with E-state index in [1.807, 2.05) is 24.3 Å². The van der Waals surface area contributed by atoms with Gasteiger partial charge in [0.15, 0.2) is 11.5 Å². The third-order valence-corrected chi connectivity index (χ3v) is 5.13. The standard InChI is InChI=1S/C22H30N6O4/c1-3-4-12-32-21-25-19(23)18-20(26-21)28(22(31)24-18)13-16-9-7-15(8-10-16)6-5-11-27(2)14-17(29)30/h7-10H,3-6,11-14H2,1-2H3,(H,24,31)(H,29,30)(H2,23,25,26). The summed E-state index contributed by atoms with van der Waals surface area (Å²) in [6, 6.07) is 8.17. The van der Waals surface area contributed by atoms with Crippen molar-refractivity contribution >= 4 is 23.0 Å². The van der Waals surface area contributed by atoms with Crippen molar-refractivity contribution in [2.45, 2.75) is 39.2 Å². The number of aryl methyl sites for hydroxylation is 1. The molecule has 1 aromatic carbocycles. The number of benzene rings is 1. The van der Waals surface area contributed by atoms with E-state index in [4.69, 9.17) is 15.6 Å². The zero-order valence-corrected chi connectivity index (χ0v) is 18.5. The maximum absolute atomic E-state index is 12.5. The van der Waals surface area contributed by atoms with Gasteiger partial charge in [-0.2, -0.15) is 9.97 Å². The summed E-state index contributed by atoms with van der Waals surface area (Å²) in [5.74, 6) is -0.642. The number of carboxylic acids is 1. The minimum atomic E-state index is -0.823. The molecule has 2 heterocycles. The van der Waals surface area contributed by atoms with Gasteiger partial charge in [0.05, 0.1) is 19.7 Å². The van der Waals surface area contributed by atoms with Gasteiger partial charge in [-0.1, -0.05) is 37.6 Å². The highest BCUT2D eigenvalue weighted by Gasteiger charge is 2.15. The van der Waals surface area contributed by atoms with E-state index in [-0.39, 0.29) is 24.1 Å². The number of aromatic amines is 1. The number of hydrogen-bond donors (Lipinski definition) is 3. The van der Waals surface area contributed by atoms with Crippen LogP contribution in [0.1, 0.15) is 37.3 Å². The first-order valence-electron chi connectivity index (χ1n) is 10.7. The summed E-state index contributed by atoms with van der Waals surface area (Å²) in [6.07, 6.45) is 3.58. The van der Waals surface area contributed by atoms with Crippen LogP contribution in [0.25, 0.3) is 11.2 Å². The van der Waals surface area contributed by atoms with Crippen LogP contribution in [0.5, 0.6) is 6.01 Å². The van der Waals surface area contributed by atoms with Crippen molar-refractivity contribution in [1.29, 1.82) is 0 Å². The lowest BCUT2D eigenvalue weighted by atomic mass is 10.1. The second kappa shape index (κ2) is 10.8. The van der Waals surface area contributed by atoms with E-state index < -0.39 is 5.97 Å². The molecule has 0 aliphatic heterocycles. The van der Waals surface area contributed by atoms with E-state index in [9.17, 15) is 9.59 Å². The Labute approximate surface area is 186 Å². The summed E-state index contributed by atoms with van der Waals surface area (Å²) in [7, 11) is 1.80. The summed E-state index contributed by atoms with van der Waals surface area (Å²) >= 11 is 0. The molecule has 4 N–H and O–H groups in total. The molecule has 0 atom stereocenters. The predicted molar refractivity (Wildman–Crippen MR) is 122 cm³/mol. The first kappa shape index (κ1) is 23.3. The average Bonchev–Trinajstić information content (AvgIpc) is 3.05. The number of ether oxygens (including phenoxy) is 1. The molecule has 0 bridgehead atoms. The van der Waals surface area contributed by atoms with Crippen molar-refractivity contribution in [2.75, 3.05) is 32.5 Å². The van der Waals surface area contributed by atoms with Crippen LogP contribution < -0.4 is 16.2 Å². The van der Waals surface area contributed by atoms with Gasteiger partial charge in [-0.15, -0.1) is 0 Å². The van der Waals surface area contributed by atoms with Crippen molar-refractivity contribution in [3.05, 3.63) is 45.9 Å². The molecule has 10 heteroatoms. The molecule has 10 nitrogen and oxygen atoms in total. The third-order valence-electron chi connectivity index (χ3n) is 5.13. The van der Waals surface area contributed by atoms with Crippen molar-refractivity contribution in [2.24, 2.45) is 0 Å². The molecule has 3 aromatic rings. The van der Waals surface area contributed by atoms with Crippen LogP contribution in [0.2, 0.25) is 0 Å². The van der Waals surface area contributed by atoms with Gasteiger partial charge < -0.3 is 20.6 Å². The Bertz CT molecular complexity index is 1110. The van der Waals surface area contributed by atoms with Gasteiger partial charge in [0.25, 0.3) is 0 Å². The maximum atomic E-state index is 12.5. The normalized spacial score (nSPS) is 11.3. The Morgan fingerprint density at radius 1 is 1.22 bits per heavy atom. The lowest BCUT2D eigenvalue weighted by Gasteiger charge is -2.13. The molecule has 0 saturated carbocycles. The van der Waals surface area contributed by atoms with Crippen LogP contribution in [0.3, 0.4) is 0 Å². The molecule has 0 saturated heterocycles. The summed E-state index contributed by atoms with van der Waals surface area (Å²) in [6.45, 7) is 3.64. The van der Waals surface area contributed by atoms with Gasteiger partial charge in [0, 0.05) is 0 Å². The molecule has 0 aliphatic carbocycles. The van der Waals surface area contributed by atoms with Crippen LogP contribution in [-0.2, 0) is 17.8 Å². The fraction of sp³-hybridized carbons (Fsp3) is 0.455. The Morgan fingerprint density at radius 2 is 1.94 bits per heavy atom. The SMILES string of the molecule is CCCCOc1nc(N)c2[nH]c(=O)n(Cc3ccc(CCCN(C)CC(=O)O)cc3)c2n1. The van der Waals surface area contributed by atoms with Crippen molar-refractivity contribution in [3.8, 4) is 6.01 Å². The van der Waals surface area contributed by atoms with Crippen molar-refractivity contribution in [1.82, 2.24) is 24.4 Å². The number of nitrogens with two attached hydrogens (primary N) is 1. The molecule has 0 amide bonds. The first-order chi connectivity index (χ1) is 15.4. The number of carboxylic acid groups (broad SMARTS) is 1. The molecule has 0 spiro atoms. The number of anilines is 1. The summed E-state index contributed by atoms with van der Waals surface area (Å²) in [5.41, 5.74) is 8.62. The molecule has 0 aliphatic rings. The molecule has 2 aromatic heterocycles. The van der Waals surface area contributed by atoms with Crippen LogP contribution in [0.15, 0.2) is 29.1 Å². The largest absolute Gasteiger partial charge is 0.480 e. The van der Waals surface area contributed by atoms with Gasteiger partial charge in [-0.3, -0.25) is 14.3 Å². The molecule has 0 unspecified atom stereocenters. The van der Waals surface area contributed by atoms with Gasteiger partial charge in [0.2, 0.25) is 0 Å². The van der Waals surface area contributed by atoms with Crippen LogP contribution in [0.4, 0.5) is 5.82 Å². The highest BCUT2D eigenvalue weighted by atomic mass is 16.5. The highest BCUT2D eigenvalue weighted by Crippen LogP contribution is 2.19. The van der Waals surface area contributed by atoms with Gasteiger partial charge in [-0.25, -0.2) is 4.79 Å². The maximum Gasteiger partial charge on any atom is 0.328 e. The lowest BCUT2D eigenvalue weighted by Crippen LogP contribution is -2.26. The highest BCUT2D eigenvalue weighted by molar-refractivity contribution is 5.81.